The molecule has 0 spiro atoms. The number of nitrogens with zero attached hydrogens (tertiary/aromatic N) is 1. The number of ketones is 1. The van der Waals surface area contributed by atoms with Gasteiger partial charge in [-0.05, 0) is 54.8 Å². The Kier molecular flexibility index (Phi) is 9.08. The number of morpholine rings is 1. The molecule has 0 N–H and O–H groups in total. The van der Waals surface area contributed by atoms with Gasteiger partial charge in [-0.25, -0.2) is 4.39 Å². The first-order valence-electron chi connectivity index (χ1n) is 11.3. The number of amides is 1. The molecule has 1 aliphatic rings. The van der Waals surface area contributed by atoms with Gasteiger partial charge in [-0.3, -0.25) is 4.79 Å². The minimum atomic E-state index is -4.75. The Labute approximate surface area is 206 Å². The molecule has 1 aliphatic heterocycles. The molecule has 0 aliphatic carbocycles. The van der Waals surface area contributed by atoms with E-state index in [-0.39, 0.29) is 37.6 Å². The van der Waals surface area contributed by atoms with Crippen LogP contribution in [0.1, 0.15) is 30.0 Å². The van der Waals surface area contributed by atoms with Gasteiger partial charge in [-0.1, -0.05) is 12.1 Å². The fourth-order valence-corrected chi connectivity index (χ4v) is 3.70. The molecule has 0 saturated carbocycles. The molecule has 0 bridgehead atoms. The number of benzene rings is 2. The van der Waals surface area contributed by atoms with Gasteiger partial charge in [0.25, 0.3) is 0 Å². The molecular weight excluding hydrogens is 482 g/mol. The molecule has 2 aromatic rings. The van der Waals surface area contributed by atoms with Crippen LogP contribution in [0.3, 0.4) is 0 Å². The van der Waals surface area contributed by atoms with Crippen molar-refractivity contribution in [2.24, 2.45) is 0 Å². The first-order chi connectivity index (χ1) is 17.1. The monoisotopic (exact) mass is 509 g/mol. The largest absolute Gasteiger partial charge is 0.493 e. The molecule has 1 fully saturated rings. The third kappa shape index (κ3) is 7.55. The van der Waals surface area contributed by atoms with Gasteiger partial charge in [0.05, 0.1) is 25.8 Å². The van der Waals surface area contributed by atoms with E-state index in [0.29, 0.717) is 30.4 Å². The number of hydrogen-bond donors (Lipinski definition) is 0. The SMILES string of the molecule is COc1cc(CCC(C)=O)ccc1OCC1CN(C(=O)/C=C/c2ccc(F)cc2C(F)(F)F)CCO1. The second-order valence-corrected chi connectivity index (χ2v) is 8.34. The van der Waals surface area contributed by atoms with Crippen LogP contribution < -0.4 is 9.47 Å². The van der Waals surface area contributed by atoms with Crippen molar-refractivity contribution in [2.45, 2.75) is 32.0 Å². The number of alkyl halides is 3. The number of rotatable bonds is 9. The van der Waals surface area contributed by atoms with Crippen molar-refractivity contribution in [3.05, 3.63) is 65.0 Å². The number of aryl methyl sites for hydroxylation is 1. The van der Waals surface area contributed by atoms with Gasteiger partial charge in [-0.2, -0.15) is 13.2 Å². The molecule has 6 nitrogen and oxygen atoms in total. The van der Waals surface area contributed by atoms with Gasteiger partial charge in [0, 0.05) is 19.0 Å². The topological polar surface area (TPSA) is 65.1 Å². The zero-order valence-corrected chi connectivity index (χ0v) is 19.9. The van der Waals surface area contributed by atoms with Gasteiger partial charge in [0.15, 0.2) is 11.5 Å². The fraction of sp³-hybridized carbons (Fsp3) is 0.385. The standard InChI is InChI=1S/C26H27F4NO5/c1-17(32)3-4-18-5-9-23(24(13-18)34-2)36-16-21-15-31(11-12-35-21)25(33)10-7-19-6-8-20(27)14-22(19)26(28,29)30/h5-10,13-14,21H,3-4,11-12,15-16H2,1-2H3/b10-7+. The normalized spacial score (nSPS) is 16.3. The van der Waals surface area contributed by atoms with Crippen molar-refractivity contribution in [1.29, 1.82) is 0 Å². The zero-order valence-electron chi connectivity index (χ0n) is 19.9. The summed E-state index contributed by atoms with van der Waals surface area (Å²) in [6, 6.07) is 7.67. The van der Waals surface area contributed by atoms with Crippen molar-refractivity contribution in [3.63, 3.8) is 0 Å². The lowest BCUT2D eigenvalue weighted by molar-refractivity contribution is -0.138. The van der Waals surface area contributed by atoms with Crippen molar-refractivity contribution in [1.82, 2.24) is 4.90 Å². The highest BCUT2D eigenvalue weighted by Gasteiger charge is 2.33. The molecule has 0 aromatic heterocycles. The Morgan fingerprint density at radius 1 is 1.17 bits per heavy atom. The molecular formula is C26H27F4NO5. The second kappa shape index (κ2) is 12.0. The van der Waals surface area contributed by atoms with Crippen LogP contribution in [-0.4, -0.2) is 56.1 Å². The van der Waals surface area contributed by atoms with E-state index in [1.54, 1.807) is 12.1 Å². The van der Waals surface area contributed by atoms with Crippen molar-refractivity contribution in [3.8, 4) is 11.5 Å². The lowest BCUT2D eigenvalue weighted by atomic mass is 10.1. The summed E-state index contributed by atoms with van der Waals surface area (Å²) in [6.07, 6.45) is -2.13. The molecule has 1 unspecified atom stereocenters. The highest BCUT2D eigenvalue weighted by atomic mass is 19.4. The Balaban J connectivity index is 1.60. The maximum atomic E-state index is 13.3. The van der Waals surface area contributed by atoms with Crippen LogP contribution in [0.15, 0.2) is 42.5 Å². The summed E-state index contributed by atoms with van der Waals surface area (Å²) in [7, 11) is 1.51. The van der Waals surface area contributed by atoms with Crippen LogP contribution in [0, 0.1) is 5.82 Å². The smallest absolute Gasteiger partial charge is 0.417 e. The van der Waals surface area contributed by atoms with Gasteiger partial charge >= 0.3 is 6.18 Å². The van der Waals surface area contributed by atoms with Crippen LogP contribution in [0.4, 0.5) is 17.6 Å². The van der Waals surface area contributed by atoms with E-state index in [9.17, 15) is 27.2 Å². The minimum Gasteiger partial charge on any atom is -0.493 e. The summed E-state index contributed by atoms with van der Waals surface area (Å²) in [5.74, 6) is -0.428. The molecule has 1 amide bonds. The number of Topliss-reactive ketones (excluding diaryl/α,β-unsaturated/α-hetero) is 1. The van der Waals surface area contributed by atoms with E-state index in [1.165, 1.54) is 18.9 Å². The van der Waals surface area contributed by atoms with Crippen molar-refractivity contribution >= 4 is 17.8 Å². The molecule has 36 heavy (non-hydrogen) atoms. The summed E-state index contributed by atoms with van der Waals surface area (Å²) in [4.78, 5) is 25.3. The summed E-state index contributed by atoms with van der Waals surface area (Å²) >= 11 is 0. The van der Waals surface area contributed by atoms with Gasteiger partial charge < -0.3 is 23.9 Å². The maximum Gasteiger partial charge on any atom is 0.417 e. The minimum absolute atomic E-state index is 0.0937. The third-order valence-corrected chi connectivity index (χ3v) is 5.60. The summed E-state index contributed by atoms with van der Waals surface area (Å²) in [6.45, 7) is 2.33. The lowest BCUT2D eigenvalue weighted by Crippen LogP contribution is -2.47. The Morgan fingerprint density at radius 3 is 2.64 bits per heavy atom. The van der Waals surface area contributed by atoms with Crippen LogP contribution in [0.25, 0.3) is 6.08 Å². The number of methoxy groups -OCH3 is 1. The van der Waals surface area contributed by atoms with Crippen LogP contribution in [-0.2, 0) is 26.9 Å². The van der Waals surface area contributed by atoms with E-state index in [2.05, 4.69) is 0 Å². The fourth-order valence-electron chi connectivity index (χ4n) is 3.70. The number of ether oxygens (including phenoxy) is 3. The summed E-state index contributed by atoms with van der Waals surface area (Å²) in [5.41, 5.74) is -0.521. The Morgan fingerprint density at radius 2 is 1.94 bits per heavy atom. The van der Waals surface area contributed by atoms with Crippen molar-refractivity contribution < 1.29 is 41.4 Å². The Hall–Kier alpha value is -3.40. The van der Waals surface area contributed by atoms with Crippen LogP contribution in [0.2, 0.25) is 0 Å². The lowest BCUT2D eigenvalue weighted by Gasteiger charge is -2.32. The molecule has 1 saturated heterocycles. The number of halogens is 4. The summed E-state index contributed by atoms with van der Waals surface area (Å²) in [5, 5.41) is 0. The molecule has 3 rings (SSSR count). The van der Waals surface area contributed by atoms with E-state index >= 15 is 0 Å². The average Bonchev–Trinajstić information content (AvgIpc) is 2.85. The molecule has 2 aromatic carbocycles. The van der Waals surface area contributed by atoms with E-state index < -0.39 is 29.6 Å². The van der Waals surface area contributed by atoms with E-state index in [0.717, 1.165) is 29.8 Å². The predicted molar refractivity (Wildman–Crippen MR) is 124 cm³/mol. The number of hydrogen-bond acceptors (Lipinski definition) is 5. The zero-order chi connectivity index (χ0) is 26.3. The first-order valence-corrected chi connectivity index (χ1v) is 11.3. The van der Waals surface area contributed by atoms with Crippen LogP contribution >= 0.6 is 0 Å². The van der Waals surface area contributed by atoms with E-state index in [1.807, 2.05) is 6.07 Å². The van der Waals surface area contributed by atoms with Crippen LogP contribution in [0.5, 0.6) is 11.5 Å². The highest BCUT2D eigenvalue weighted by Crippen LogP contribution is 2.33. The number of carbonyl (C=O) groups excluding carboxylic acids is 2. The molecule has 10 heteroatoms. The molecule has 0 radical (unpaired) electrons. The molecule has 1 atom stereocenters. The van der Waals surface area contributed by atoms with Crippen molar-refractivity contribution in [2.75, 3.05) is 33.4 Å². The van der Waals surface area contributed by atoms with E-state index in [4.69, 9.17) is 14.2 Å². The molecule has 194 valence electrons. The quantitative estimate of drug-likeness (QED) is 0.363. The van der Waals surface area contributed by atoms with Gasteiger partial charge in [-0.15, -0.1) is 0 Å². The summed E-state index contributed by atoms with van der Waals surface area (Å²) < 4.78 is 69.7. The second-order valence-electron chi connectivity index (χ2n) is 8.34. The number of carbonyl (C=O) groups is 2. The first kappa shape index (κ1) is 27.2. The maximum absolute atomic E-state index is 13.3. The highest BCUT2D eigenvalue weighted by molar-refractivity contribution is 5.92. The third-order valence-electron chi connectivity index (χ3n) is 5.60. The van der Waals surface area contributed by atoms with Gasteiger partial charge in [0.1, 0.15) is 24.3 Å². The average molecular weight is 509 g/mol. The predicted octanol–water partition coefficient (Wildman–Crippen LogP) is 4.69. The molecule has 1 heterocycles. The Bertz CT molecular complexity index is 1120. The van der Waals surface area contributed by atoms with Gasteiger partial charge in [0.2, 0.25) is 5.91 Å².